The summed E-state index contributed by atoms with van der Waals surface area (Å²) in [7, 11) is 0. The lowest BCUT2D eigenvalue weighted by atomic mass is 9.97. The second-order valence-corrected chi connectivity index (χ2v) is 9.98. The van der Waals surface area contributed by atoms with Gasteiger partial charge in [-0.25, -0.2) is 0 Å². The second kappa shape index (κ2) is 8.18. The van der Waals surface area contributed by atoms with Crippen LogP contribution in [0.3, 0.4) is 0 Å². The van der Waals surface area contributed by atoms with Crippen LogP contribution in [0.1, 0.15) is 46.0 Å². The Morgan fingerprint density at radius 2 is 2.03 bits per heavy atom. The summed E-state index contributed by atoms with van der Waals surface area (Å²) < 4.78 is 0. The molecule has 3 aliphatic heterocycles. The summed E-state index contributed by atoms with van der Waals surface area (Å²) in [5.41, 5.74) is 0.0391. The fraction of sp³-hybridized carbons (Fsp3) is 0.818. The van der Waals surface area contributed by atoms with E-state index < -0.39 is 12.1 Å². The molecule has 3 saturated heterocycles. The maximum atomic E-state index is 13.2. The summed E-state index contributed by atoms with van der Waals surface area (Å²) in [6, 6.07) is 0.905. The number of fused-ring (bicyclic) bond motifs is 1. The number of nitrogens with one attached hydrogen (secondary N) is 2. The molecule has 0 aromatic heterocycles. The van der Waals surface area contributed by atoms with Gasteiger partial charge in [-0.3, -0.25) is 19.3 Å². The fourth-order valence-electron chi connectivity index (χ4n) is 5.80. The Labute approximate surface area is 178 Å². The molecule has 30 heavy (non-hydrogen) atoms. The van der Waals surface area contributed by atoms with Crippen molar-refractivity contribution in [2.75, 3.05) is 32.7 Å². The van der Waals surface area contributed by atoms with Gasteiger partial charge in [-0.1, -0.05) is 20.3 Å². The van der Waals surface area contributed by atoms with Crippen LogP contribution in [0.2, 0.25) is 0 Å². The zero-order valence-corrected chi connectivity index (χ0v) is 18.0. The topological polar surface area (TPSA) is 106 Å². The van der Waals surface area contributed by atoms with E-state index in [1.165, 1.54) is 6.42 Å². The highest BCUT2D eigenvalue weighted by atomic mass is 16.2. The van der Waals surface area contributed by atoms with Gasteiger partial charge in [0.2, 0.25) is 17.7 Å². The molecule has 4 aliphatic rings. The molecule has 0 aromatic rings. The predicted octanol–water partition coefficient (Wildman–Crippen LogP) is 0.490. The molecular weight excluding hydrogens is 382 g/mol. The van der Waals surface area contributed by atoms with Crippen LogP contribution in [0.25, 0.3) is 0 Å². The van der Waals surface area contributed by atoms with Gasteiger partial charge in [-0.15, -0.1) is 0 Å². The van der Waals surface area contributed by atoms with Crippen molar-refractivity contribution in [1.82, 2.24) is 20.4 Å². The summed E-state index contributed by atoms with van der Waals surface area (Å²) >= 11 is 0. The van der Waals surface area contributed by atoms with Gasteiger partial charge in [0.15, 0.2) is 0 Å². The summed E-state index contributed by atoms with van der Waals surface area (Å²) in [5.74, 6) is -0.0436. The van der Waals surface area contributed by atoms with Gasteiger partial charge in [-0.05, 0) is 56.0 Å². The molecule has 0 unspecified atom stereocenters. The molecule has 2 N–H and O–H groups in total. The van der Waals surface area contributed by atoms with Gasteiger partial charge in [0.25, 0.3) is 0 Å². The van der Waals surface area contributed by atoms with Gasteiger partial charge in [0, 0.05) is 19.0 Å². The molecule has 1 saturated carbocycles. The monoisotopic (exact) mass is 415 g/mol. The normalized spacial score (nSPS) is 33.4. The molecule has 0 radical (unpaired) electrons. The van der Waals surface area contributed by atoms with E-state index in [-0.39, 0.29) is 35.0 Å². The first-order chi connectivity index (χ1) is 14.3. The highest BCUT2D eigenvalue weighted by Crippen LogP contribution is 2.64. The lowest BCUT2D eigenvalue weighted by molar-refractivity contribution is -0.141. The van der Waals surface area contributed by atoms with Crippen molar-refractivity contribution in [2.24, 2.45) is 23.2 Å². The first kappa shape index (κ1) is 21.1. The van der Waals surface area contributed by atoms with Crippen LogP contribution >= 0.6 is 0 Å². The van der Waals surface area contributed by atoms with E-state index in [0.717, 1.165) is 25.9 Å². The molecule has 1 aliphatic carbocycles. The quantitative estimate of drug-likeness (QED) is 0.657. The molecule has 0 aromatic carbocycles. The van der Waals surface area contributed by atoms with Crippen molar-refractivity contribution >= 4 is 17.7 Å². The van der Waals surface area contributed by atoms with Gasteiger partial charge in [0.05, 0.1) is 12.6 Å². The molecule has 0 spiro atoms. The third-order valence-corrected chi connectivity index (χ3v) is 7.76. The number of nitriles is 1. The van der Waals surface area contributed by atoms with E-state index in [0.29, 0.717) is 38.4 Å². The van der Waals surface area contributed by atoms with Crippen molar-refractivity contribution in [1.29, 1.82) is 5.26 Å². The van der Waals surface area contributed by atoms with Crippen LogP contribution in [0.4, 0.5) is 0 Å². The van der Waals surface area contributed by atoms with Crippen LogP contribution < -0.4 is 10.6 Å². The molecule has 4 fully saturated rings. The van der Waals surface area contributed by atoms with Crippen LogP contribution in [0.5, 0.6) is 0 Å². The Bertz CT molecular complexity index is 754. The Balaban J connectivity index is 1.41. The summed E-state index contributed by atoms with van der Waals surface area (Å²) in [4.78, 5) is 42.1. The second-order valence-electron chi connectivity index (χ2n) is 9.98. The van der Waals surface area contributed by atoms with Crippen molar-refractivity contribution in [2.45, 2.75) is 58.0 Å². The molecule has 8 nitrogen and oxygen atoms in total. The molecule has 8 heteroatoms. The number of likely N-dealkylation sites (tertiary alicyclic amines) is 2. The Hall–Kier alpha value is -2.14. The molecule has 3 heterocycles. The van der Waals surface area contributed by atoms with Crippen LogP contribution in [0.15, 0.2) is 0 Å². The van der Waals surface area contributed by atoms with E-state index in [2.05, 4.69) is 35.5 Å². The summed E-state index contributed by atoms with van der Waals surface area (Å²) in [6.45, 7) is 7.79. The number of nitrogens with zero attached hydrogens (tertiary/aromatic N) is 3. The van der Waals surface area contributed by atoms with Crippen LogP contribution in [-0.4, -0.2) is 72.3 Å². The minimum atomic E-state index is -0.716. The maximum absolute atomic E-state index is 13.2. The largest absolute Gasteiger partial charge is 0.356 e. The highest BCUT2D eigenvalue weighted by molar-refractivity contribution is 5.90. The number of carbonyl (C=O) groups excluding carboxylic acids is 3. The Kier molecular flexibility index (Phi) is 5.75. The molecular formula is C22H33N5O3. The average Bonchev–Trinajstić information content (AvgIpc) is 3.09. The van der Waals surface area contributed by atoms with E-state index in [9.17, 15) is 19.6 Å². The first-order valence-corrected chi connectivity index (χ1v) is 11.3. The number of piperidine rings is 2. The molecule has 4 rings (SSSR count). The zero-order valence-electron chi connectivity index (χ0n) is 18.0. The van der Waals surface area contributed by atoms with Crippen molar-refractivity contribution in [3.8, 4) is 6.07 Å². The number of hydrogen-bond donors (Lipinski definition) is 2. The smallest absolute Gasteiger partial charge is 0.244 e. The minimum absolute atomic E-state index is 0.0173. The summed E-state index contributed by atoms with van der Waals surface area (Å²) in [5, 5.41) is 15.2. The van der Waals surface area contributed by atoms with Crippen LogP contribution in [-0.2, 0) is 14.4 Å². The van der Waals surface area contributed by atoms with Gasteiger partial charge in [0.1, 0.15) is 12.1 Å². The Morgan fingerprint density at radius 1 is 1.30 bits per heavy atom. The molecule has 164 valence electrons. The SMILES string of the molecule is CC1(C)[C@@H]2[C@@H](C(=O)N[C@H](C#N)C[C@@H]3CCNC3=O)N(C(=O)CN3CCCCC3)C[C@@H]21. The fourth-order valence-corrected chi connectivity index (χ4v) is 5.80. The average molecular weight is 416 g/mol. The highest BCUT2D eigenvalue weighted by Gasteiger charge is 2.69. The molecule has 5 atom stereocenters. The Morgan fingerprint density at radius 3 is 2.67 bits per heavy atom. The zero-order chi connectivity index (χ0) is 21.5. The predicted molar refractivity (Wildman–Crippen MR) is 110 cm³/mol. The van der Waals surface area contributed by atoms with E-state index in [4.69, 9.17) is 0 Å². The van der Waals surface area contributed by atoms with E-state index >= 15 is 0 Å². The number of amides is 3. The maximum Gasteiger partial charge on any atom is 0.244 e. The van der Waals surface area contributed by atoms with Gasteiger partial charge >= 0.3 is 0 Å². The standard InChI is InChI=1S/C22H33N5O3/c1-22(2)16-12-27(17(28)13-26-8-4-3-5-9-26)19(18(16)22)21(30)25-15(11-23)10-14-6-7-24-20(14)29/h14-16,18-19H,3-10,12-13H2,1-2H3,(H,24,29)(H,25,30)/t14-,15-,16-,18-,19-/m0/s1. The van der Waals surface area contributed by atoms with Crippen LogP contribution in [0, 0.1) is 34.5 Å². The van der Waals surface area contributed by atoms with Crippen molar-refractivity contribution in [3.63, 3.8) is 0 Å². The number of rotatable bonds is 6. The molecule has 0 bridgehead atoms. The van der Waals surface area contributed by atoms with Gasteiger partial charge < -0.3 is 15.5 Å². The third-order valence-electron chi connectivity index (χ3n) is 7.76. The van der Waals surface area contributed by atoms with E-state index in [1.54, 1.807) is 4.90 Å². The van der Waals surface area contributed by atoms with Crippen molar-refractivity contribution in [3.05, 3.63) is 0 Å². The third kappa shape index (κ3) is 3.92. The lowest BCUT2D eigenvalue weighted by Gasteiger charge is -2.33. The lowest BCUT2D eigenvalue weighted by Crippen LogP contribution is -2.54. The van der Waals surface area contributed by atoms with Crippen molar-refractivity contribution < 1.29 is 14.4 Å². The van der Waals surface area contributed by atoms with Gasteiger partial charge in [-0.2, -0.15) is 5.26 Å². The van der Waals surface area contributed by atoms with E-state index in [1.807, 2.05) is 0 Å². The minimum Gasteiger partial charge on any atom is -0.356 e. The summed E-state index contributed by atoms with van der Waals surface area (Å²) in [6.07, 6.45) is 4.46. The number of carbonyl (C=O) groups is 3. The first-order valence-electron chi connectivity index (χ1n) is 11.3. The number of hydrogen-bond acceptors (Lipinski definition) is 5. The molecule has 3 amide bonds.